The van der Waals surface area contributed by atoms with Crippen LogP contribution < -0.4 is 19.5 Å². The summed E-state index contributed by atoms with van der Waals surface area (Å²) < 4.78 is 15.9. The normalized spacial score (nSPS) is 17.9. The van der Waals surface area contributed by atoms with Crippen LogP contribution in [0.5, 0.6) is 17.2 Å². The minimum Gasteiger partial charge on any atom is -0.454 e. The summed E-state index contributed by atoms with van der Waals surface area (Å²) in [5.74, 6) is 1.31. The Hall–Kier alpha value is -3.02. The van der Waals surface area contributed by atoms with Gasteiger partial charge in [0.25, 0.3) is 0 Å². The molecule has 0 radical (unpaired) electrons. The Morgan fingerprint density at radius 1 is 1.17 bits per heavy atom. The molecule has 0 aromatic heterocycles. The molecule has 0 spiro atoms. The number of carbonyl (C=O) groups is 2. The molecular formula is C18H15NO5. The maximum absolute atomic E-state index is 12.1. The summed E-state index contributed by atoms with van der Waals surface area (Å²) in [6.45, 7) is 1.55. The Morgan fingerprint density at radius 2 is 1.88 bits per heavy atom. The van der Waals surface area contributed by atoms with Crippen LogP contribution in [0, 0.1) is 0 Å². The van der Waals surface area contributed by atoms with Gasteiger partial charge in [0.1, 0.15) is 5.75 Å². The van der Waals surface area contributed by atoms with Crippen molar-refractivity contribution in [1.29, 1.82) is 0 Å². The maximum atomic E-state index is 12.1. The number of hydrogen-bond acceptors (Lipinski definition) is 5. The molecule has 2 aliphatic heterocycles. The Labute approximate surface area is 138 Å². The van der Waals surface area contributed by atoms with Crippen molar-refractivity contribution in [2.45, 2.75) is 19.3 Å². The van der Waals surface area contributed by atoms with Gasteiger partial charge in [-0.2, -0.15) is 0 Å². The Kier molecular flexibility index (Phi) is 3.37. The fraction of sp³-hybridized carbons (Fsp3) is 0.222. The number of esters is 1. The van der Waals surface area contributed by atoms with E-state index >= 15 is 0 Å². The molecule has 6 nitrogen and oxygen atoms in total. The first-order chi connectivity index (χ1) is 11.6. The second-order valence-electron chi connectivity index (χ2n) is 5.76. The smallest absolute Gasteiger partial charge is 0.308 e. The Bertz CT molecular complexity index is 828. The molecule has 0 saturated heterocycles. The number of anilines is 1. The number of rotatable bonds is 2. The summed E-state index contributed by atoms with van der Waals surface area (Å²) in [6.07, 6.45) is 0.347. The molecule has 6 heteroatoms. The zero-order valence-electron chi connectivity index (χ0n) is 13.0. The van der Waals surface area contributed by atoms with Crippen molar-refractivity contribution in [1.82, 2.24) is 0 Å². The lowest BCUT2D eigenvalue weighted by Crippen LogP contribution is -2.23. The average Bonchev–Trinajstić information content (AvgIpc) is 2.99. The van der Waals surface area contributed by atoms with E-state index in [4.69, 9.17) is 14.2 Å². The van der Waals surface area contributed by atoms with E-state index in [1.165, 1.54) is 6.92 Å². The molecule has 2 heterocycles. The van der Waals surface area contributed by atoms with Crippen molar-refractivity contribution >= 4 is 17.6 Å². The van der Waals surface area contributed by atoms with E-state index in [1.807, 2.05) is 18.2 Å². The van der Waals surface area contributed by atoms with E-state index < -0.39 is 0 Å². The van der Waals surface area contributed by atoms with Crippen molar-refractivity contribution in [3.05, 3.63) is 47.5 Å². The molecule has 2 aliphatic rings. The fourth-order valence-corrected chi connectivity index (χ4v) is 3.08. The Balaban J connectivity index is 1.71. The summed E-state index contributed by atoms with van der Waals surface area (Å²) in [6, 6.07) is 10.9. The standard InChI is InChI=1S/C18H15NO5/c1-10(20)24-12-4-2-11(3-5-12)13-7-18(21)19-15-8-17-16(6-14(13)15)22-9-23-17/h2-6,8,13H,7,9H2,1H3,(H,19,21)/t13-/m0/s1. The number of hydrogen-bond donors (Lipinski definition) is 1. The zero-order chi connectivity index (χ0) is 16.7. The van der Waals surface area contributed by atoms with Crippen molar-refractivity contribution in [3.8, 4) is 17.2 Å². The molecule has 1 atom stereocenters. The van der Waals surface area contributed by atoms with Crippen LogP contribution in [0.1, 0.15) is 30.4 Å². The number of fused-ring (bicyclic) bond motifs is 2. The highest BCUT2D eigenvalue weighted by atomic mass is 16.7. The van der Waals surface area contributed by atoms with Gasteiger partial charge in [0, 0.05) is 31.0 Å². The lowest BCUT2D eigenvalue weighted by atomic mass is 9.84. The van der Waals surface area contributed by atoms with Gasteiger partial charge in [0.15, 0.2) is 11.5 Å². The molecule has 1 N–H and O–H groups in total. The third kappa shape index (κ3) is 2.56. The maximum Gasteiger partial charge on any atom is 0.308 e. The van der Waals surface area contributed by atoms with E-state index in [0.717, 1.165) is 16.8 Å². The molecular weight excluding hydrogens is 310 g/mol. The molecule has 0 bridgehead atoms. The lowest BCUT2D eigenvalue weighted by Gasteiger charge is -2.26. The first-order valence-corrected chi connectivity index (χ1v) is 7.62. The summed E-state index contributed by atoms with van der Waals surface area (Å²) >= 11 is 0. The second kappa shape index (κ2) is 5.56. The van der Waals surface area contributed by atoms with Gasteiger partial charge in [-0.1, -0.05) is 12.1 Å². The van der Waals surface area contributed by atoms with Gasteiger partial charge in [-0.25, -0.2) is 0 Å². The van der Waals surface area contributed by atoms with Crippen LogP contribution in [0.3, 0.4) is 0 Å². The van der Waals surface area contributed by atoms with Crippen molar-refractivity contribution in [3.63, 3.8) is 0 Å². The first-order valence-electron chi connectivity index (χ1n) is 7.62. The zero-order valence-corrected chi connectivity index (χ0v) is 13.0. The van der Waals surface area contributed by atoms with Gasteiger partial charge >= 0.3 is 5.97 Å². The molecule has 0 unspecified atom stereocenters. The van der Waals surface area contributed by atoms with Crippen LogP contribution in [-0.4, -0.2) is 18.7 Å². The van der Waals surface area contributed by atoms with Gasteiger partial charge in [0.05, 0.1) is 0 Å². The van der Waals surface area contributed by atoms with Gasteiger partial charge in [-0.3, -0.25) is 9.59 Å². The minimum absolute atomic E-state index is 0.0459. The van der Waals surface area contributed by atoms with Crippen LogP contribution in [0.2, 0.25) is 0 Å². The molecule has 122 valence electrons. The van der Waals surface area contributed by atoms with Crippen LogP contribution >= 0.6 is 0 Å². The summed E-state index contributed by atoms with van der Waals surface area (Å²) in [5.41, 5.74) is 2.70. The third-order valence-corrected chi connectivity index (χ3v) is 4.13. The predicted molar refractivity (Wildman–Crippen MR) is 85.4 cm³/mol. The topological polar surface area (TPSA) is 73.9 Å². The van der Waals surface area contributed by atoms with Crippen LogP contribution in [0.25, 0.3) is 0 Å². The quantitative estimate of drug-likeness (QED) is 0.679. The highest BCUT2D eigenvalue weighted by Crippen LogP contribution is 2.44. The predicted octanol–water partition coefficient (Wildman–Crippen LogP) is 2.81. The van der Waals surface area contributed by atoms with Gasteiger partial charge < -0.3 is 19.5 Å². The van der Waals surface area contributed by atoms with Crippen molar-refractivity contribution < 1.29 is 23.8 Å². The number of ether oxygens (including phenoxy) is 3. The number of nitrogens with one attached hydrogen (secondary N) is 1. The SMILES string of the molecule is CC(=O)Oc1ccc([C@@H]2CC(=O)Nc3cc4c(cc32)OCO4)cc1. The van der Waals surface area contributed by atoms with E-state index in [0.29, 0.717) is 23.7 Å². The monoisotopic (exact) mass is 325 g/mol. The molecule has 0 fully saturated rings. The summed E-state index contributed by atoms with van der Waals surface area (Å²) in [4.78, 5) is 23.1. The van der Waals surface area contributed by atoms with Crippen LogP contribution in [0.4, 0.5) is 5.69 Å². The summed E-state index contributed by atoms with van der Waals surface area (Å²) in [7, 11) is 0. The number of carbonyl (C=O) groups excluding carboxylic acids is 2. The highest BCUT2D eigenvalue weighted by Gasteiger charge is 2.29. The van der Waals surface area contributed by atoms with Gasteiger partial charge in [-0.05, 0) is 29.3 Å². The second-order valence-corrected chi connectivity index (χ2v) is 5.76. The molecule has 2 aromatic carbocycles. The fourth-order valence-electron chi connectivity index (χ4n) is 3.08. The molecule has 0 aliphatic carbocycles. The molecule has 4 rings (SSSR count). The van der Waals surface area contributed by atoms with E-state index in [-0.39, 0.29) is 24.6 Å². The van der Waals surface area contributed by atoms with Crippen LogP contribution in [-0.2, 0) is 9.59 Å². The first kappa shape index (κ1) is 14.6. The van der Waals surface area contributed by atoms with Crippen molar-refractivity contribution in [2.75, 3.05) is 12.1 Å². The lowest BCUT2D eigenvalue weighted by molar-refractivity contribution is -0.131. The number of amides is 1. The van der Waals surface area contributed by atoms with Gasteiger partial charge in [0.2, 0.25) is 12.7 Å². The molecule has 24 heavy (non-hydrogen) atoms. The summed E-state index contributed by atoms with van der Waals surface area (Å²) in [5, 5.41) is 2.88. The Morgan fingerprint density at radius 3 is 2.58 bits per heavy atom. The average molecular weight is 325 g/mol. The highest BCUT2D eigenvalue weighted by molar-refractivity contribution is 5.96. The molecule has 2 aromatic rings. The van der Waals surface area contributed by atoms with Gasteiger partial charge in [-0.15, -0.1) is 0 Å². The van der Waals surface area contributed by atoms with E-state index in [2.05, 4.69) is 5.32 Å². The van der Waals surface area contributed by atoms with E-state index in [9.17, 15) is 9.59 Å². The van der Waals surface area contributed by atoms with E-state index in [1.54, 1.807) is 18.2 Å². The van der Waals surface area contributed by atoms with Crippen LogP contribution in [0.15, 0.2) is 36.4 Å². The molecule has 0 saturated carbocycles. The number of benzene rings is 2. The largest absolute Gasteiger partial charge is 0.454 e. The molecule has 1 amide bonds. The third-order valence-electron chi connectivity index (χ3n) is 4.13. The van der Waals surface area contributed by atoms with Crippen molar-refractivity contribution in [2.24, 2.45) is 0 Å². The minimum atomic E-state index is -0.363.